The molecule has 1 aromatic heterocycles. The van der Waals surface area contributed by atoms with E-state index >= 15 is 0 Å². The van der Waals surface area contributed by atoms with Crippen molar-refractivity contribution in [3.8, 4) is 0 Å². The Kier molecular flexibility index (Phi) is 5.82. The maximum absolute atomic E-state index is 13.0. The van der Waals surface area contributed by atoms with Crippen LogP contribution in [0.3, 0.4) is 0 Å². The maximum atomic E-state index is 13.0. The van der Waals surface area contributed by atoms with Crippen LogP contribution in [0.2, 0.25) is 0 Å². The van der Waals surface area contributed by atoms with E-state index in [1.165, 1.54) is 6.42 Å². The summed E-state index contributed by atoms with van der Waals surface area (Å²) in [5.74, 6) is 0. The van der Waals surface area contributed by atoms with E-state index in [-0.39, 0.29) is 6.04 Å². The molecule has 0 bridgehead atoms. The summed E-state index contributed by atoms with van der Waals surface area (Å²) in [5.41, 5.74) is 0. The summed E-state index contributed by atoms with van der Waals surface area (Å²) in [6, 6.07) is 2.03. The van der Waals surface area contributed by atoms with Crippen LogP contribution in [0.5, 0.6) is 0 Å². The first-order valence-electron chi connectivity index (χ1n) is 7.76. The molecule has 0 spiro atoms. The number of nitrogens with one attached hydrogen (secondary N) is 1. The van der Waals surface area contributed by atoms with Gasteiger partial charge in [-0.15, -0.1) is 11.3 Å². The molecule has 1 saturated carbocycles. The highest BCUT2D eigenvalue weighted by Crippen LogP contribution is 2.32. The largest absolute Gasteiger partial charge is 0.315 e. The summed E-state index contributed by atoms with van der Waals surface area (Å²) in [4.78, 5) is 2.48. The van der Waals surface area contributed by atoms with E-state index < -0.39 is 10.0 Å². The molecule has 1 aliphatic carbocycles. The standard InChI is InChI=1S/C15H26N2O2S2/c1-4-17(13-8-6-5-7-9-13)21(18,19)15-10-14(11-16-3)20-12(15)2/h10,13,16H,4-9,11H2,1-3H3. The second-order valence-corrected chi connectivity index (χ2v) is 8.86. The number of hydrogen-bond acceptors (Lipinski definition) is 4. The Hall–Kier alpha value is -0.430. The molecular weight excluding hydrogens is 304 g/mol. The van der Waals surface area contributed by atoms with Gasteiger partial charge in [-0.1, -0.05) is 26.2 Å². The first-order chi connectivity index (χ1) is 10.0. The van der Waals surface area contributed by atoms with Crippen LogP contribution in [0.15, 0.2) is 11.0 Å². The van der Waals surface area contributed by atoms with Crippen LogP contribution < -0.4 is 5.32 Å². The summed E-state index contributed by atoms with van der Waals surface area (Å²) in [5, 5.41) is 3.08. The molecule has 1 heterocycles. The van der Waals surface area contributed by atoms with E-state index in [2.05, 4.69) is 5.32 Å². The van der Waals surface area contributed by atoms with Crippen molar-refractivity contribution in [2.24, 2.45) is 0 Å². The van der Waals surface area contributed by atoms with E-state index in [1.807, 2.05) is 27.0 Å². The minimum atomic E-state index is -3.36. The second-order valence-electron chi connectivity index (χ2n) is 5.66. The molecule has 1 N–H and O–H groups in total. The van der Waals surface area contributed by atoms with Gasteiger partial charge in [-0.25, -0.2) is 8.42 Å². The predicted octanol–water partition coefficient (Wildman–Crippen LogP) is 3.12. The van der Waals surface area contributed by atoms with Gasteiger partial charge >= 0.3 is 0 Å². The minimum absolute atomic E-state index is 0.181. The third-order valence-electron chi connectivity index (χ3n) is 4.15. The lowest BCUT2D eigenvalue weighted by Gasteiger charge is -2.32. The zero-order chi connectivity index (χ0) is 15.5. The lowest BCUT2D eigenvalue weighted by Crippen LogP contribution is -2.41. The smallest absolute Gasteiger partial charge is 0.244 e. The highest BCUT2D eigenvalue weighted by Gasteiger charge is 2.32. The molecule has 0 aromatic carbocycles. The Morgan fingerprint density at radius 1 is 1.33 bits per heavy atom. The normalized spacial score (nSPS) is 17.5. The average molecular weight is 331 g/mol. The van der Waals surface area contributed by atoms with Crippen molar-refractivity contribution >= 4 is 21.4 Å². The van der Waals surface area contributed by atoms with Gasteiger partial charge in [-0.05, 0) is 32.9 Å². The molecule has 0 saturated heterocycles. The van der Waals surface area contributed by atoms with Crippen LogP contribution in [0.25, 0.3) is 0 Å². The van der Waals surface area contributed by atoms with Gasteiger partial charge < -0.3 is 5.32 Å². The first kappa shape index (κ1) is 16.9. The van der Waals surface area contributed by atoms with E-state index in [1.54, 1.807) is 15.6 Å². The molecule has 0 unspecified atom stereocenters. The Morgan fingerprint density at radius 2 is 2.00 bits per heavy atom. The SMILES string of the molecule is CCN(C1CCCCC1)S(=O)(=O)c1cc(CNC)sc1C. The summed E-state index contributed by atoms with van der Waals surface area (Å²) >= 11 is 1.57. The average Bonchev–Trinajstić information content (AvgIpc) is 2.82. The van der Waals surface area contributed by atoms with Crippen molar-refractivity contribution in [1.29, 1.82) is 0 Å². The van der Waals surface area contributed by atoms with Gasteiger partial charge in [0.25, 0.3) is 0 Å². The van der Waals surface area contributed by atoms with Crippen LogP contribution in [0.1, 0.15) is 48.8 Å². The molecule has 6 heteroatoms. The minimum Gasteiger partial charge on any atom is -0.315 e. The van der Waals surface area contributed by atoms with E-state index in [4.69, 9.17) is 0 Å². The number of nitrogens with zero attached hydrogens (tertiary/aromatic N) is 1. The Balaban J connectivity index is 2.30. The van der Waals surface area contributed by atoms with Gasteiger partial charge in [0, 0.05) is 28.9 Å². The van der Waals surface area contributed by atoms with E-state index in [9.17, 15) is 8.42 Å². The van der Waals surface area contributed by atoms with Crippen LogP contribution in [0, 0.1) is 6.92 Å². The number of thiophene rings is 1. The van der Waals surface area contributed by atoms with Crippen molar-refractivity contribution in [3.05, 3.63) is 15.8 Å². The molecule has 0 aliphatic heterocycles. The summed E-state index contributed by atoms with van der Waals surface area (Å²) in [6.07, 6.45) is 5.52. The van der Waals surface area contributed by atoms with Crippen LogP contribution in [-0.4, -0.2) is 32.4 Å². The Labute approximate surface area is 132 Å². The third-order valence-corrected chi connectivity index (χ3v) is 7.49. The lowest BCUT2D eigenvalue weighted by atomic mass is 9.95. The maximum Gasteiger partial charge on any atom is 0.244 e. The third kappa shape index (κ3) is 3.67. The second kappa shape index (κ2) is 7.22. The summed E-state index contributed by atoms with van der Waals surface area (Å²) in [7, 11) is -1.48. The van der Waals surface area contributed by atoms with Gasteiger partial charge in [0.05, 0.1) is 4.90 Å². The number of aryl methyl sites for hydroxylation is 1. The summed E-state index contributed by atoms with van der Waals surface area (Å²) in [6.45, 7) is 5.13. The van der Waals surface area contributed by atoms with E-state index in [0.717, 1.165) is 42.0 Å². The molecular formula is C15H26N2O2S2. The summed E-state index contributed by atoms with van der Waals surface area (Å²) < 4.78 is 27.8. The fourth-order valence-corrected chi connectivity index (χ4v) is 6.47. The van der Waals surface area contributed by atoms with Gasteiger partial charge in [0.15, 0.2) is 0 Å². The molecule has 1 fully saturated rings. The predicted molar refractivity (Wildman–Crippen MR) is 88.3 cm³/mol. The van der Waals surface area contributed by atoms with Crippen molar-refractivity contribution in [3.63, 3.8) is 0 Å². The molecule has 1 aliphatic rings. The van der Waals surface area contributed by atoms with E-state index in [0.29, 0.717) is 11.4 Å². The Morgan fingerprint density at radius 3 is 2.57 bits per heavy atom. The lowest BCUT2D eigenvalue weighted by molar-refractivity contribution is 0.261. The first-order valence-corrected chi connectivity index (χ1v) is 10.0. The Bertz CT molecular complexity index is 560. The van der Waals surface area contributed by atoms with Crippen molar-refractivity contribution in [2.75, 3.05) is 13.6 Å². The molecule has 120 valence electrons. The number of sulfonamides is 1. The van der Waals surface area contributed by atoms with Crippen molar-refractivity contribution in [1.82, 2.24) is 9.62 Å². The fraction of sp³-hybridized carbons (Fsp3) is 0.733. The molecule has 1 aromatic rings. The number of rotatable bonds is 6. The zero-order valence-electron chi connectivity index (χ0n) is 13.2. The topological polar surface area (TPSA) is 49.4 Å². The molecule has 4 nitrogen and oxygen atoms in total. The van der Waals surface area contributed by atoms with Gasteiger partial charge in [-0.2, -0.15) is 4.31 Å². The van der Waals surface area contributed by atoms with Gasteiger partial charge in [-0.3, -0.25) is 0 Å². The monoisotopic (exact) mass is 330 g/mol. The quantitative estimate of drug-likeness (QED) is 0.872. The highest BCUT2D eigenvalue weighted by atomic mass is 32.2. The molecule has 0 atom stereocenters. The number of hydrogen-bond donors (Lipinski definition) is 1. The van der Waals surface area contributed by atoms with Crippen LogP contribution in [-0.2, 0) is 16.6 Å². The molecule has 0 radical (unpaired) electrons. The van der Waals surface area contributed by atoms with Crippen LogP contribution >= 0.6 is 11.3 Å². The van der Waals surface area contributed by atoms with Gasteiger partial charge in [0.1, 0.15) is 0 Å². The van der Waals surface area contributed by atoms with Gasteiger partial charge in [0.2, 0.25) is 10.0 Å². The fourth-order valence-electron chi connectivity index (χ4n) is 3.16. The van der Waals surface area contributed by atoms with Crippen LogP contribution in [0.4, 0.5) is 0 Å². The highest BCUT2D eigenvalue weighted by molar-refractivity contribution is 7.89. The molecule has 0 amide bonds. The molecule has 2 rings (SSSR count). The van der Waals surface area contributed by atoms with Crippen molar-refractivity contribution < 1.29 is 8.42 Å². The van der Waals surface area contributed by atoms with Crippen molar-refractivity contribution in [2.45, 2.75) is 63.4 Å². The molecule has 21 heavy (non-hydrogen) atoms. The zero-order valence-corrected chi connectivity index (χ0v) is 14.8.